The maximum Gasteiger partial charge on any atom is 0.104 e. The molecular weight excluding hydrogens is 296 g/mol. The fraction of sp³-hybridized carbons (Fsp3) is 0.462. The van der Waals surface area contributed by atoms with E-state index in [1.807, 2.05) is 18.2 Å². The molecule has 1 fully saturated rings. The van der Waals surface area contributed by atoms with E-state index in [0.29, 0.717) is 11.0 Å². The highest BCUT2D eigenvalue weighted by Crippen LogP contribution is 2.38. The average Bonchev–Trinajstić information content (AvgIpc) is 3.00. The van der Waals surface area contributed by atoms with Crippen molar-refractivity contribution in [2.45, 2.75) is 32.2 Å². The third-order valence-corrected chi connectivity index (χ3v) is 4.07. The van der Waals surface area contributed by atoms with Crippen LogP contribution in [0.1, 0.15) is 31.7 Å². The maximum atomic E-state index is 5.60. The van der Waals surface area contributed by atoms with Crippen LogP contribution in [-0.4, -0.2) is 11.0 Å². The molecule has 1 aliphatic carbocycles. The van der Waals surface area contributed by atoms with Gasteiger partial charge in [0, 0.05) is 21.8 Å². The Bertz CT molecular complexity index is 433. The predicted molar refractivity (Wildman–Crippen MR) is 80.5 cm³/mol. The van der Waals surface area contributed by atoms with Crippen LogP contribution in [0.2, 0.25) is 0 Å². The second-order valence-electron chi connectivity index (χ2n) is 4.59. The topological polar surface area (TPSA) is 38.0 Å². The van der Waals surface area contributed by atoms with Crippen molar-refractivity contribution in [3.05, 3.63) is 28.2 Å². The summed E-state index contributed by atoms with van der Waals surface area (Å²) in [6, 6.07) is 6.62. The Kier molecular flexibility index (Phi) is 4.05. The number of hydrogen-bond acceptors (Lipinski definition) is 2. The molecule has 0 saturated heterocycles. The second-order valence-corrected chi connectivity index (χ2v) is 5.89. The van der Waals surface area contributed by atoms with E-state index in [9.17, 15) is 0 Å². The first-order valence-corrected chi connectivity index (χ1v) is 7.17. The summed E-state index contributed by atoms with van der Waals surface area (Å²) in [5, 5.41) is 3.55. The largest absolute Gasteiger partial charge is 0.389 e. The highest BCUT2D eigenvalue weighted by atomic mass is 79.9. The van der Waals surface area contributed by atoms with Gasteiger partial charge in [0.25, 0.3) is 0 Å². The average molecular weight is 313 g/mol. The first kappa shape index (κ1) is 12.8. The molecule has 1 aromatic carbocycles. The molecule has 17 heavy (non-hydrogen) atoms. The number of nitrogens with two attached hydrogens (primary N) is 1. The van der Waals surface area contributed by atoms with Crippen molar-refractivity contribution in [3.8, 4) is 0 Å². The second kappa shape index (κ2) is 5.36. The molecule has 0 aromatic heterocycles. The maximum absolute atomic E-state index is 5.60. The minimum atomic E-state index is 0.438. The minimum absolute atomic E-state index is 0.438. The normalized spacial score (nSPS) is 22.2. The number of benzene rings is 1. The molecule has 2 nitrogen and oxygen atoms in total. The van der Waals surface area contributed by atoms with Crippen LogP contribution in [0.15, 0.2) is 22.7 Å². The van der Waals surface area contributed by atoms with E-state index in [1.165, 1.54) is 19.3 Å². The fourth-order valence-corrected chi connectivity index (χ4v) is 2.72. The van der Waals surface area contributed by atoms with E-state index in [-0.39, 0.29) is 0 Å². The lowest BCUT2D eigenvalue weighted by molar-refractivity contribution is 0.693. The lowest BCUT2D eigenvalue weighted by atomic mass is 10.2. The van der Waals surface area contributed by atoms with Crippen LogP contribution >= 0.6 is 28.1 Å². The molecule has 0 bridgehead atoms. The molecule has 1 aromatic rings. The predicted octanol–water partition coefficient (Wildman–Crippen LogP) is 3.68. The quantitative estimate of drug-likeness (QED) is 0.814. The molecule has 2 atom stereocenters. The number of thiocarbonyl (C=S) groups is 1. The van der Waals surface area contributed by atoms with Gasteiger partial charge >= 0.3 is 0 Å². The molecule has 0 amide bonds. The lowest BCUT2D eigenvalue weighted by Crippen LogP contribution is -2.10. The van der Waals surface area contributed by atoms with Gasteiger partial charge in [0.05, 0.1) is 0 Å². The minimum Gasteiger partial charge on any atom is -0.389 e. The third kappa shape index (κ3) is 3.19. The Morgan fingerprint density at radius 2 is 2.35 bits per heavy atom. The number of hydrogen-bond donors (Lipinski definition) is 2. The Morgan fingerprint density at radius 1 is 1.59 bits per heavy atom. The third-order valence-electron chi connectivity index (χ3n) is 3.18. The highest BCUT2D eigenvalue weighted by molar-refractivity contribution is 9.10. The van der Waals surface area contributed by atoms with Crippen LogP contribution in [0.3, 0.4) is 0 Å². The standard InChI is InChI=1S/C13H17BrN2S/c1-2-3-8-7-12(8)16-11-5-4-9(13(15)17)6-10(11)14/h4-6,8,12,16H,2-3,7H2,1H3,(H2,15,17). The lowest BCUT2D eigenvalue weighted by Gasteiger charge is -2.09. The molecule has 3 N–H and O–H groups in total. The molecule has 1 aliphatic rings. The summed E-state index contributed by atoms with van der Waals surface area (Å²) in [5.41, 5.74) is 7.63. The van der Waals surface area contributed by atoms with Crippen LogP contribution in [0.4, 0.5) is 5.69 Å². The summed E-state index contributed by atoms with van der Waals surface area (Å²) in [5.74, 6) is 0.849. The first-order valence-electron chi connectivity index (χ1n) is 5.97. The van der Waals surface area contributed by atoms with Crippen molar-refractivity contribution in [3.63, 3.8) is 0 Å². The summed E-state index contributed by atoms with van der Waals surface area (Å²) in [6.45, 7) is 2.24. The summed E-state index contributed by atoms with van der Waals surface area (Å²) < 4.78 is 1.03. The molecule has 1 saturated carbocycles. The smallest absolute Gasteiger partial charge is 0.104 e. The van der Waals surface area contributed by atoms with E-state index < -0.39 is 0 Å². The van der Waals surface area contributed by atoms with Crippen LogP contribution in [-0.2, 0) is 0 Å². The zero-order valence-corrected chi connectivity index (χ0v) is 12.3. The van der Waals surface area contributed by atoms with Gasteiger partial charge in [-0.05, 0) is 52.9 Å². The highest BCUT2D eigenvalue weighted by Gasteiger charge is 2.36. The van der Waals surface area contributed by atoms with Gasteiger partial charge in [0.1, 0.15) is 4.99 Å². The number of halogens is 1. The van der Waals surface area contributed by atoms with Gasteiger partial charge in [-0.2, -0.15) is 0 Å². The Labute approximate surface area is 116 Å². The summed E-state index contributed by atoms with van der Waals surface area (Å²) >= 11 is 8.51. The molecule has 0 radical (unpaired) electrons. The van der Waals surface area contributed by atoms with Crippen molar-refractivity contribution in [2.75, 3.05) is 5.32 Å². The van der Waals surface area contributed by atoms with E-state index >= 15 is 0 Å². The molecule has 0 heterocycles. The number of nitrogens with one attached hydrogen (secondary N) is 1. The van der Waals surface area contributed by atoms with Gasteiger partial charge in [-0.1, -0.05) is 25.6 Å². The Hall–Kier alpha value is -0.610. The van der Waals surface area contributed by atoms with Crippen LogP contribution in [0.25, 0.3) is 0 Å². The van der Waals surface area contributed by atoms with Crippen molar-refractivity contribution in [1.82, 2.24) is 0 Å². The van der Waals surface area contributed by atoms with Gasteiger partial charge in [-0.3, -0.25) is 0 Å². The van der Waals surface area contributed by atoms with E-state index in [4.69, 9.17) is 18.0 Å². The van der Waals surface area contributed by atoms with Gasteiger partial charge in [0.2, 0.25) is 0 Å². The number of anilines is 1. The van der Waals surface area contributed by atoms with E-state index in [2.05, 4.69) is 28.2 Å². The van der Waals surface area contributed by atoms with E-state index in [0.717, 1.165) is 21.6 Å². The summed E-state index contributed by atoms with van der Waals surface area (Å²) in [6.07, 6.45) is 3.88. The molecular formula is C13H17BrN2S. The molecule has 0 spiro atoms. The molecule has 2 unspecified atom stereocenters. The SMILES string of the molecule is CCCC1CC1Nc1ccc(C(N)=S)cc1Br. The van der Waals surface area contributed by atoms with Gasteiger partial charge in [-0.15, -0.1) is 0 Å². The molecule has 0 aliphatic heterocycles. The van der Waals surface area contributed by atoms with Crippen LogP contribution < -0.4 is 11.1 Å². The summed E-state index contributed by atoms with van der Waals surface area (Å²) in [4.78, 5) is 0.438. The van der Waals surface area contributed by atoms with Gasteiger partial charge in [-0.25, -0.2) is 0 Å². The fourth-order valence-electron chi connectivity index (χ4n) is 2.10. The van der Waals surface area contributed by atoms with Gasteiger partial charge < -0.3 is 11.1 Å². The first-order chi connectivity index (χ1) is 8.11. The van der Waals surface area contributed by atoms with E-state index in [1.54, 1.807) is 0 Å². The van der Waals surface area contributed by atoms with Crippen LogP contribution in [0, 0.1) is 5.92 Å². The zero-order valence-electron chi connectivity index (χ0n) is 9.87. The van der Waals surface area contributed by atoms with Gasteiger partial charge in [0.15, 0.2) is 0 Å². The van der Waals surface area contributed by atoms with Crippen LogP contribution in [0.5, 0.6) is 0 Å². The Morgan fingerprint density at radius 3 is 2.94 bits per heavy atom. The zero-order chi connectivity index (χ0) is 12.4. The summed E-state index contributed by atoms with van der Waals surface area (Å²) in [7, 11) is 0. The molecule has 2 rings (SSSR count). The molecule has 4 heteroatoms. The van der Waals surface area contributed by atoms with Crippen molar-refractivity contribution < 1.29 is 0 Å². The monoisotopic (exact) mass is 312 g/mol. The Balaban J connectivity index is 2.00. The number of rotatable bonds is 5. The van der Waals surface area contributed by atoms with Crippen molar-refractivity contribution >= 4 is 38.8 Å². The van der Waals surface area contributed by atoms with Crippen molar-refractivity contribution in [2.24, 2.45) is 11.7 Å². The molecule has 92 valence electrons. The van der Waals surface area contributed by atoms with Crippen molar-refractivity contribution in [1.29, 1.82) is 0 Å².